The fourth-order valence-electron chi connectivity index (χ4n) is 1.29. The molecule has 0 saturated heterocycles. The Hall–Kier alpha value is -1.51. The quantitative estimate of drug-likeness (QED) is 0.647. The van der Waals surface area contributed by atoms with E-state index < -0.39 is 5.97 Å². The van der Waals surface area contributed by atoms with Crippen molar-refractivity contribution in [3.63, 3.8) is 0 Å². The zero-order valence-electron chi connectivity index (χ0n) is 8.01. The first-order valence-corrected chi connectivity index (χ1v) is 4.04. The van der Waals surface area contributed by atoms with Gasteiger partial charge in [0.25, 0.3) is 0 Å². The van der Waals surface area contributed by atoms with E-state index in [4.69, 9.17) is 10.8 Å². The Morgan fingerprint density at radius 2 is 1.77 bits per heavy atom. The molecule has 1 rings (SSSR count). The number of hydrogen-bond donors (Lipinski definition) is 2. The summed E-state index contributed by atoms with van der Waals surface area (Å²) < 4.78 is 0. The third-order valence-electron chi connectivity index (χ3n) is 2.49. The van der Waals surface area contributed by atoms with E-state index in [9.17, 15) is 4.79 Å². The molecule has 0 aliphatic heterocycles. The average molecular weight is 179 g/mol. The Bertz CT molecular complexity index is 370. The third-order valence-corrected chi connectivity index (χ3v) is 2.49. The summed E-state index contributed by atoms with van der Waals surface area (Å²) in [6.07, 6.45) is 0. The molecule has 0 fully saturated rings. The molecule has 0 spiro atoms. The highest BCUT2D eigenvalue weighted by Crippen LogP contribution is 2.23. The van der Waals surface area contributed by atoms with Crippen LogP contribution in [-0.2, 0) is 0 Å². The first-order chi connectivity index (χ1) is 5.95. The lowest BCUT2D eigenvalue weighted by atomic mass is 9.97. The molecule has 0 aromatic heterocycles. The van der Waals surface area contributed by atoms with Gasteiger partial charge >= 0.3 is 5.97 Å². The molecule has 0 bridgehead atoms. The summed E-state index contributed by atoms with van der Waals surface area (Å²) in [6, 6.07) is 1.51. The van der Waals surface area contributed by atoms with Gasteiger partial charge in [-0.05, 0) is 43.5 Å². The highest BCUT2D eigenvalue weighted by Gasteiger charge is 2.12. The number of aromatic carboxylic acids is 1. The number of rotatable bonds is 1. The average Bonchev–Trinajstić information content (AvgIpc) is 2.07. The molecule has 0 unspecified atom stereocenters. The highest BCUT2D eigenvalue weighted by molar-refractivity contribution is 5.91. The smallest absolute Gasteiger partial charge is 0.336 e. The lowest BCUT2D eigenvalue weighted by Gasteiger charge is -2.10. The third kappa shape index (κ3) is 1.49. The summed E-state index contributed by atoms with van der Waals surface area (Å²) in [4.78, 5) is 10.8. The molecule has 3 nitrogen and oxygen atoms in total. The fraction of sp³-hybridized carbons (Fsp3) is 0.300. The number of carboxylic acids is 1. The molecule has 0 heterocycles. The van der Waals surface area contributed by atoms with Crippen molar-refractivity contribution in [2.45, 2.75) is 20.8 Å². The zero-order valence-corrected chi connectivity index (χ0v) is 8.01. The van der Waals surface area contributed by atoms with Gasteiger partial charge in [-0.15, -0.1) is 0 Å². The molecule has 0 radical (unpaired) electrons. The SMILES string of the molecule is Cc1c(N)cc(C(=O)O)c(C)c1C. The summed E-state index contributed by atoms with van der Waals surface area (Å²) >= 11 is 0. The Kier molecular flexibility index (Phi) is 2.28. The van der Waals surface area contributed by atoms with Gasteiger partial charge in [0.1, 0.15) is 0 Å². The minimum Gasteiger partial charge on any atom is -0.478 e. The van der Waals surface area contributed by atoms with Crippen LogP contribution >= 0.6 is 0 Å². The van der Waals surface area contributed by atoms with E-state index in [2.05, 4.69) is 0 Å². The molecule has 0 saturated carbocycles. The second kappa shape index (κ2) is 3.09. The first-order valence-electron chi connectivity index (χ1n) is 4.04. The summed E-state index contributed by atoms with van der Waals surface area (Å²) in [5, 5.41) is 8.85. The summed E-state index contributed by atoms with van der Waals surface area (Å²) in [5.74, 6) is -0.924. The van der Waals surface area contributed by atoms with Crippen LogP contribution < -0.4 is 5.73 Å². The minimum atomic E-state index is -0.924. The second-order valence-electron chi connectivity index (χ2n) is 3.19. The van der Waals surface area contributed by atoms with Gasteiger partial charge < -0.3 is 10.8 Å². The Balaban J connectivity index is 3.50. The number of nitrogen functional groups attached to an aromatic ring is 1. The number of anilines is 1. The van der Waals surface area contributed by atoms with Gasteiger partial charge in [-0.1, -0.05) is 0 Å². The van der Waals surface area contributed by atoms with Crippen molar-refractivity contribution >= 4 is 11.7 Å². The van der Waals surface area contributed by atoms with E-state index in [0.717, 1.165) is 16.7 Å². The number of benzene rings is 1. The van der Waals surface area contributed by atoms with Crippen LogP contribution in [0.1, 0.15) is 27.0 Å². The number of hydrogen-bond acceptors (Lipinski definition) is 2. The molecule has 3 N–H and O–H groups in total. The van der Waals surface area contributed by atoms with Crippen LogP contribution in [0.3, 0.4) is 0 Å². The van der Waals surface area contributed by atoms with Crippen molar-refractivity contribution in [2.24, 2.45) is 0 Å². The van der Waals surface area contributed by atoms with Crippen molar-refractivity contribution < 1.29 is 9.90 Å². The molecule has 3 heteroatoms. The number of nitrogens with two attached hydrogens (primary N) is 1. The van der Waals surface area contributed by atoms with E-state index in [1.54, 1.807) is 6.92 Å². The lowest BCUT2D eigenvalue weighted by molar-refractivity contribution is 0.0696. The summed E-state index contributed by atoms with van der Waals surface area (Å²) in [7, 11) is 0. The Morgan fingerprint density at radius 1 is 1.23 bits per heavy atom. The van der Waals surface area contributed by atoms with Gasteiger partial charge in [0, 0.05) is 5.69 Å². The summed E-state index contributed by atoms with van der Waals surface area (Å²) in [6.45, 7) is 5.57. The van der Waals surface area contributed by atoms with Crippen molar-refractivity contribution in [2.75, 3.05) is 5.73 Å². The first kappa shape index (κ1) is 9.58. The largest absolute Gasteiger partial charge is 0.478 e. The standard InChI is InChI=1S/C10H13NO2/c1-5-6(2)8(10(12)13)4-9(11)7(5)3/h4H,11H2,1-3H3,(H,12,13). The summed E-state index contributed by atoms with van der Waals surface area (Å²) in [5.41, 5.74) is 9.21. The Labute approximate surface area is 77.2 Å². The van der Waals surface area contributed by atoms with E-state index in [1.807, 2.05) is 13.8 Å². The van der Waals surface area contributed by atoms with E-state index in [-0.39, 0.29) is 0 Å². The molecule has 0 aliphatic rings. The van der Waals surface area contributed by atoms with Gasteiger partial charge in [0.15, 0.2) is 0 Å². The molecule has 70 valence electrons. The van der Waals surface area contributed by atoms with Crippen molar-refractivity contribution in [3.8, 4) is 0 Å². The van der Waals surface area contributed by atoms with Crippen molar-refractivity contribution in [3.05, 3.63) is 28.3 Å². The number of carbonyl (C=O) groups is 1. The lowest BCUT2D eigenvalue weighted by Crippen LogP contribution is -2.05. The van der Waals surface area contributed by atoms with Crippen molar-refractivity contribution in [1.29, 1.82) is 0 Å². The maximum absolute atomic E-state index is 10.8. The van der Waals surface area contributed by atoms with Crippen LogP contribution in [0.25, 0.3) is 0 Å². The van der Waals surface area contributed by atoms with Gasteiger partial charge in [0.05, 0.1) is 5.56 Å². The normalized spacial score (nSPS) is 10.1. The van der Waals surface area contributed by atoms with Gasteiger partial charge in [-0.3, -0.25) is 0 Å². The second-order valence-corrected chi connectivity index (χ2v) is 3.19. The molecule has 0 amide bonds. The van der Waals surface area contributed by atoms with Gasteiger partial charge in [0.2, 0.25) is 0 Å². The monoisotopic (exact) mass is 179 g/mol. The maximum atomic E-state index is 10.8. The predicted octanol–water partition coefficient (Wildman–Crippen LogP) is 1.89. The van der Waals surface area contributed by atoms with Crippen LogP contribution in [-0.4, -0.2) is 11.1 Å². The van der Waals surface area contributed by atoms with Crippen LogP contribution in [0.2, 0.25) is 0 Å². The maximum Gasteiger partial charge on any atom is 0.336 e. The molecular formula is C10H13NO2. The van der Waals surface area contributed by atoms with Crippen LogP contribution in [0, 0.1) is 20.8 Å². The topological polar surface area (TPSA) is 63.3 Å². The van der Waals surface area contributed by atoms with E-state index in [0.29, 0.717) is 11.3 Å². The van der Waals surface area contributed by atoms with Gasteiger partial charge in [-0.2, -0.15) is 0 Å². The molecular weight excluding hydrogens is 166 g/mol. The van der Waals surface area contributed by atoms with E-state index in [1.165, 1.54) is 6.07 Å². The molecule has 1 aromatic carbocycles. The molecule has 0 aliphatic carbocycles. The van der Waals surface area contributed by atoms with E-state index >= 15 is 0 Å². The fourth-order valence-corrected chi connectivity index (χ4v) is 1.29. The predicted molar refractivity (Wildman–Crippen MR) is 52.0 cm³/mol. The number of carboxylic acid groups (broad SMARTS) is 1. The van der Waals surface area contributed by atoms with Gasteiger partial charge in [-0.25, -0.2) is 4.79 Å². The van der Waals surface area contributed by atoms with Crippen LogP contribution in [0.5, 0.6) is 0 Å². The van der Waals surface area contributed by atoms with Crippen molar-refractivity contribution in [1.82, 2.24) is 0 Å². The minimum absolute atomic E-state index is 0.292. The molecule has 0 atom stereocenters. The Morgan fingerprint density at radius 3 is 2.23 bits per heavy atom. The van der Waals surface area contributed by atoms with Crippen LogP contribution in [0.15, 0.2) is 6.07 Å². The zero-order chi connectivity index (χ0) is 10.2. The molecule has 1 aromatic rings. The van der Waals surface area contributed by atoms with Crippen LogP contribution in [0.4, 0.5) is 5.69 Å². The highest BCUT2D eigenvalue weighted by atomic mass is 16.4. The molecule has 13 heavy (non-hydrogen) atoms.